The van der Waals surface area contributed by atoms with E-state index in [4.69, 9.17) is 23.2 Å². The van der Waals surface area contributed by atoms with Crippen molar-refractivity contribution in [2.24, 2.45) is 5.92 Å². The molecule has 4 heteroatoms. The van der Waals surface area contributed by atoms with Crippen molar-refractivity contribution in [3.63, 3.8) is 0 Å². The Morgan fingerprint density at radius 1 is 1.21 bits per heavy atom. The summed E-state index contributed by atoms with van der Waals surface area (Å²) in [6.45, 7) is 9.78. The Hall–Kier alpha value is -0.730. The number of amides is 1. The molecule has 1 aromatic rings. The summed E-state index contributed by atoms with van der Waals surface area (Å²) in [4.78, 5) is 11.8. The first-order valence-electron chi connectivity index (χ1n) is 6.64. The molecule has 108 valence electrons. The third-order valence-corrected chi connectivity index (χ3v) is 3.01. The Morgan fingerprint density at radius 3 is 2.26 bits per heavy atom. The van der Waals surface area contributed by atoms with E-state index >= 15 is 0 Å². The van der Waals surface area contributed by atoms with E-state index in [1.807, 2.05) is 40.7 Å². The van der Waals surface area contributed by atoms with Gasteiger partial charge in [-0.05, 0) is 38.0 Å². The van der Waals surface area contributed by atoms with Gasteiger partial charge >= 0.3 is 0 Å². The second kappa shape index (κ2) is 9.22. The number of rotatable bonds is 4. The van der Waals surface area contributed by atoms with Crippen molar-refractivity contribution < 1.29 is 4.79 Å². The monoisotopic (exact) mass is 303 g/mol. The Bertz CT molecular complexity index is 405. The van der Waals surface area contributed by atoms with Crippen LogP contribution in [0.5, 0.6) is 0 Å². The van der Waals surface area contributed by atoms with Gasteiger partial charge in [0.2, 0.25) is 5.91 Å². The number of hydrogen-bond acceptors (Lipinski definition) is 1. The van der Waals surface area contributed by atoms with Gasteiger partial charge in [-0.2, -0.15) is 0 Å². The molecule has 1 amide bonds. The summed E-state index contributed by atoms with van der Waals surface area (Å²) in [5.74, 6) is -0.0536. The van der Waals surface area contributed by atoms with Crippen molar-refractivity contribution >= 4 is 29.1 Å². The fourth-order valence-electron chi connectivity index (χ4n) is 1.54. The second-order valence-electron chi connectivity index (χ2n) is 4.50. The first kappa shape index (κ1) is 18.3. The van der Waals surface area contributed by atoms with Crippen LogP contribution in [-0.2, 0) is 11.2 Å². The van der Waals surface area contributed by atoms with Crippen molar-refractivity contribution in [1.82, 2.24) is 5.32 Å². The quantitative estimate of drug-likeness (QED) is 0.856. The normalized spacial score (nSPS) is 11.6. The number of hydrogen-bond donors (Lipinski definition) is 1. The lowest BCUT2D eigenvalue weighted by molar-refractivity contribution is -0.124. The first-order valence-corrected chi connectivity index (χ1v) is 7.40. The van der Waals surface area contributed by atoms with Crippen LogP contribution in [0.15, 0.2) is 18.2 Å². The van der Waals surface area contributed by atoms with E-state index in [0.717, 1.165) is 5.56 Å². The maximum absolute atomic E-state index is 11.8. The maximum Gasteiger partial charge on any atom is 0.223 e. The molecular formula is C15H23Cl2NO. The van der Waals surface area contributed by atoms with Crippen molar-refractivity contribution in [2.75, 3.05) is 0 Å². The molecule has 0 spiro atoms. The van der Waals surface area contributed by atoms with Crippen molar-refractivity contribution in [3.8, 4) is 0 Å². The van der Waals surface area contributed by atoms with Gasteiger partial charge in [-0.15, -0.1) is 0 Å². The zero-order valence-corrected chi connectivity index (χ0v) is 13.8. The Labute approximate surface area is 126 Å². The van der Waals surface area contributed by atoms with Crippen LogP contribution in [0.1, 0.15) is 40.2 Å². The van der Waals surface area contributed by atoms with Gasteiger partial charge in [0.15, 0.2) is 0 Å². The van der Waals surface area contributed by atoms with Gasteiger partial charge in [0.05, 0.1) is 0 Å². The molecule has 0 heterocycles. The van der Waals surface area contributed by atoms with Gasteiger partial charge in [-0.1, -0.05) is 50.0 Å². The van der Waals surface area contributed by atoms with E-state index in [1.165, 1.54) is 0 Å². The number of carbonyl (C=O) groups is 1. The van der Waals surface area contributed by atoms with E-state index in [9.17, 15) is 4.79 Å². The molecule has 0 saturated heterocycles. The smallest absolute Gasteiger partial charge is 0.223 e. The molecule has 0 radical (unpaired) electrons. The van der Waals surface area contributed by atoms with E-state index in [-0.39, 0.29) is 17.9 Å². The topological polar surface area (TPSA) is 29.1 Å². The molecule has 0 aromatic heterocycles. The van der Waals surface area contributed by atoms with Crippen LogP contribution < -0.4 is 5.32 Å². The van der Waals surface area contributed by atoms with Crippen LogP contribution in [0.2, 0.25) is 10.0 Å². The average molecular weight is 304 g/mol. The second-order valence-corrected chi connectivity index (χ2v) is 5.35. The molecule has 1 aromatic carbocycles. The summed E-state index contributed by atoms with van der Waals surface area (Å²) < 4.78 is 0. The Kier molecular flexibility index (Phi) is 8.86. The van der Waals surface area contributed by atoms with Crippen LogP contribution >= 0.6 is 23.2 Å². The maximum atomic E-state index is 11.8. The predicted octanol–water partition coefficient (Wildman–Crippen LogP) is 4.72. The average Bonchev–Trinajstić information content (AvgIpc) is 2.34. The molecule has 0 aliphatic carbocycles. The Morgan fingerprint density at radius 2 is 1.79 bits per heavy atom. The molecule has 0 aliphatic rings. The standard InChI is InChI=1S/C13H17Cl2NO.C2H6/c1-8(2)16-13(17)9(3)6-10-4-5-11(14)7-12(10)15;1-2/h4-5,7-9H,6H2,1-3H3,(H,16,17);1-2H3/t9-;/m1./s1. The highest BCUT2D eigenvalue weighted by Crippen LogP contribution is 2.23. The summed E-state index contributed by atoms with van der Waals surface area (Å²) in [6, 6.07) is 5.51. The molecule has 0 fully saturated rings. The predicted molar refractivity (Wildman–Crippen MR) is 84.0 cm³/mol. The highest BCUT2D eigenvalue weighted by molar-refractivity contribution is 6.35. The van der Waals surface area contributed by atoms with E-state index in [0.29, 0.717) is 16.5 Å². The fraction of sp³-hybridized carbons (Fsp3) is 0.533. The number of benzene rings is 1. The molecule has 0 bridgehead atoms. The summed E-state index contributed by atoms with van der Waals surface area (Å²) in [7, 11) is 0. The Balaban J connectivity index is 0.00000154. The van der Waals surface area contributed by atoms with Gasteiger partial charge in [0.25, 0.3) is 0 Å². The van der Waals surface area contributed by atoms with E-state index < -0.39 is 0 Å². The lowest BCUT2D eigenvalue weighted by Gasteiger charge is -2.15. The highest BCUT2D eigenvalue weighted by atomic mass is 35.5. The van der Waals surface area contributed by atoms with Crippen LogP contribution in [0, 0.1) is 5.92 Å². The molecule has 0 aliphatic heterocycles. The van der Waals surface area contributed by atoms with Crippen LogP contribution in [0.3, 0.4) is 0 Å². The summed E-state index contributed by atoms with van der Waals surface area (Å²) in [5.41, 5.74) is 0.947. The molecule has 0 unspecified atom stereocenters. The van der Waals surface area contributed by atoms with Crippen LogP contribution in [0.4, 0.5) is 0 Å². The largest absolute Gasteiger partial charge is 0.354 e. The van der Waals surface area contributed by atoms with Gasteiger partial charge in [0, 0.05) is 22.0 Å². The number of carbonyl (C=O) groups excluding carboxylic acids is 1. The molecule has 19 heavy (non-hydrogen) atoms. The van der Waals surface area contributed by atoms with Crippen molar-refractivity contribution in [2.45, 2.75) is 47.1 Å². The molecule has 1 atom stereocenters. The van der Waals surface area contributed by atoms with Gasteiger partial charge in [-0.25, -0.2) is 0 Å². The third kappa shape index (κ3) is 6.84. The first-order chi connectivity index (χ1) is 8.90. The van der Waals surface area contributed by atoms with Gasteiger partial charge in [-0.3, -0.25) is 4.79 Å². The SMILES string of the molecule is CC.CC(C)NC(=O)[C@H](C)Cc1ccc(Cl)cc1Cl. The summed E-state index contributed by atoms with van der Waals surface area (Å²) >= 11 is 11.9. The lowest BCUT2D eigenvalue weighted by atomic mass is 10.00. The number of halogens is 2. The number of nitrogens with one attached hydrogen (secondary N) is 1. The van der Waals surface area contributed by atoms with Crippen LogP contribution in [0.25, 0.3) is 0 Å². The zero-order valence-electron chi connectivity index (χ0n) is 12.3. The minimum absolute atomic E-state index is 0.0472. The van der Waals surface area contributed by atoms with Gasteiger partial charge < -0.3 is 5.32 Å². The van der Waals surface area contributed by atoms with Gasteiger partial charge in [0.1, 0.15) is 0 Å². The summed E-state index contributed by atoms with van der Waals surface area (Å²) in [5, 5.41) is 4.11. The van der Waals surface area contributed by atoms with Crippen LogP contribution in [-0.4, -0.2) is 11.9 Å². The molecule has 2 nitrogen and oxygen atoms in total. The fourth-order valence-corrected chi connectivity index (χ4v) is 2.02. The third-order valence-electron chi connectivity index (χ3n) is 2.42. The summed E-state index contributed by atoms with van der Waals surface area (Å²) in [6.07, 6.45) is 0.620. The lowest BCUT2D eigenvalue weighted by Crippen LogP contribution is -2.35. The zero-order chi connectivity index (χ0) is 15.0. The minimum Gasteiger partial charge on any atom is -0.354 e. The molecule has 0 saturated carbocycles. The highest BCUT2D eigenvalue weighted by Gasteiger charge is 2.15. The van der Waals surface area contributed by atoms with E-state index in [2.05, 4.69) is 5.32 Å². The molecule has 1 N–H and O–H groups in total. The minimum atomic E-state index is -0.101. The molecule has 1 rings (SSSR count). The van der Waals surface area contributed by atoms with Crippen molar-refractivity contribution in [1.29, 1.82) is 0 Å². The van der Waals surface area contributed by atoms with E-state index in [1.54, 1.807) is 12.1 Å². The molecular weight excluding hydrogens is 281 g/mol. The van der Waals surface area contributed by atoms with Crippen molar-refractivity contribution in [3.05, 3.63) is 33.8 Å².